The fourth-order valence-corrected chi connectivity index (χ4v) is 5.80. The molecule has 0 atom stereocenters. The van der Waals surface area contributed by atoms with E-state index in [0.717, 1.165) is 48.6 Å². The SMILES string of the molecule is CCc1ccc(OC)c(S(=O)(=O)Nc2noc3cc(-c4cccc(N5CCNCC5)c4)cc(OC)c23)c1.Cl. The second kappa shape index (κ2) is 11.5. The van der Waals surface area contributed by atoms with Crippen LogP contribution in [0.15, 0.2) is 64.0 Å². The number of benzene rings is 3. The lowest BCUT2D eigenvalue weighted by Gasteiger charge is -2.29. The van der Waals surface area contributed by atoms with Crippen LogP contribution >= 0.6 is 12.4 Å². The lowest BCUT2D eigenvalue weighted by Crippen LogP contribution is -2.43. The Balaban J connectivity index is 0.00000336. The third-order valence-corrected chi connectivity index (χ3v) is 7.94. The molecule has 0 spiro atoms. The van der Waals surface area contributed by atoms with Crippen LogP contribution in [0.4, 0.5) is 11.5 Å². The van der Waals surface area contributed by atoms with Gasteiger partial charge >= 0.3 is 0 Å². The zero-order chi connectivity index (χ0) is 26.0. The smallest absolute Gasteiger partial charge is 0.266 e. The van der Waals surface area contributed by atoms with Crippen molar-refractivity contribution in [3.63, 3.8) is 0 Å². The number of hydrogen-bond acceptors (Lipinski definition) is 8. The summed E-state index contributed by atoms with van der Waals surface area (Å²) in [6.07, 6.45) is 0.686. The number of piperazine rings is 1. The first-order chi connectivity index (χ1) is 17.9. The molecule has 1 saturated heterocycles. The van der Waals surface area contributed by atoms with Crippen LogP contribution in [-0.4, -0.2) is 54.0 Å². The van der Waals surface area contributed by atoms with Gasteiger partial charge in [0.2, 0.25) is 0 Å². The zero-order valence-corrected chi connectivity index (χ0v) is 23.1. The largest absolute Gasteiger partial charge is 0.496 e. The van der Waals surface area contributed by atoms with E-state index in [0.29, 0.717) is 23.1 Å². The van der Waals surface area contributed by atoms with Crippen LogP contribution in [0.1, 0.15) is 12.5 Å². The zero-order valence-electron chi connectivity index (χ0n) is 21.5. The Morgan fingerprint density at radius 3 is 2.47 bits per heavy atom. The molecule has 2 N–H and O–H groups in total. The van der Waals surface area contributed by atoms with Crippen LogP contribution in [0.3, 0.4) is 0 Å². The molecule has 38 heavy (non-hydrogen) atoms. The molecule has 2 heterocycles. The molecule has 11 heteroatoms. The minimum atomic E-state index is -4.02. The number of nitrogens with one attached hydrogen (secondary N) is 2. The third-order valence-electron chi connectivity index (χ3n) is 6.58. The molecule has 1 aliphatic rings. The standard InChI is InChI=1S/C27H30N4O5S.ClH/c1-4-18-8-9-22(34-2)25(14-18)37(32,33)30-27-26-23(35-3)16-20(17-24(26)36-29-27)19-6-5-7-21(15-19)31-12-10-28-11-13-31;/h5-9,14-17,28H,4,10-13H2,1-3H3,(H,29,30);1H. The van der Waals surface area contributed by atoms with Crippen LogP contribution in [0.2, 0.25) is 0 Å². The summed E-state index contributed by atoms with van der Waals surface area (Å²) < 4.78 is 45.8. The maximum absolute atomic E-state index is 13.3. The number of methoxy groups -OCH3 is 2. The van der Waals surface area contributed by atoms with Crippen molar-refractivity contribution >= 4 is 44.9 Å². The number of halogens is 1. The maximum Gasteiger partial charge on any atom is 0.266 e. The van der Waals surface area contributed by atoms with Crippen molar-refractivity contribution in [3.8, 4) is 22.6 Å². The van der Waals surface area contributed by atoms with E-state index in [9.17, 15) is 8.42 Å². The molecule has 3 aromatic carbocycles. The minimum Gasteiger partial charge on any atom is -0.496 e. The summed E-state index contributed by atoms with van der Waals surface area (Å²) in [5.74, 6) is 0.751. The summed E-state index contributed by atoms with van der Waals surface area (Å²) in [6, 6.07) is 17.1. The summed E-state index contributed by atoms with van der Waals surface area (Å²) in [5, 5.41) is 7.85. The first-order valence-electron chi connectivity index (χ1n) is 12.2. The Morgan fingerprint density at radius 2 is 1.76 bits per heavy atom. The molecule has 9 nitrogen and oxygen atoms in total. The molecule has 0 saturated carbocycles. The van der Waals surface area contributed by atoms with Gasteiger partial charge in [0.15, 0.2) is 11.4 Å². The summed E-state index contributed by atoms with van der Waals surface area (Å²) in [7, 11) is -1.04. The second-order valence-electron chi connectivity index (χ2n) is 8.81. The molecule has 0 unspecified atom stereocenters. The highest BCUT2D eigenvalue weighted by atomic mass is 35.5. The molecule has 1 aliphatic heterocycles. The monoisotopic (exact) mass is 558 g/mol. The number of aryl methyl sites for hydroxylation is 1. The first-order valence-corrected chi connectivity index (χ1v) is 13.6. The van der Waals surface area contributed by atoms with Crippen LogP contribution in [0.5, 0.6) is 11.5 Å². The number of nitrogens with zero attached hydrogens (tertiary/aromatic N) is 2. The van der Waals surface area contributed by atoms with Crippen LogP contribution in [-0.2, 0) is 16.4 Å². The summed E-state index contributed by atoms with van der Waals surface area (Å²) in [5.41, 5.74) is 4.30. The molecule has 1 fully saturated rings. The molecule has 4 aromatic rings. The van der Waals surface area contributed by atoms with Crippen molar-refractivity contribution in [3.05, 3.63) is 60.2 Å². The first kappa shape index (κ1) is 27.6. The van der Waals surface area contributed by atoms with E-state index in [1.165, 1.54) is 14.2 Å². The Bertz CT molecular complexity index is 1530. The van der Waals surface area contributed by atoms with E-state index in [2.05, 4.69) is 32.2 Å². The number of anilines is 2. The molecule has 0 bridgehead atoms. The Morgan fingerprint density at radius 1 is 1.00 bits per heavy atom. The van der Waals surface area contributed by atoms with Gasteiger partial charge in [0.25, 0.3) is 10.0 Å². The molecule has 0 aliphatic carbocycles. The van der Waals surface area contributed by atoms with Gasteiger partial charge in [-0.3, -0.25) is 4.72 Å². The van der Waals surface area contributed by atoms with Crippen molar-refractivity contribution in [2.75, 3.05) is 50.0 Å². The Kier molecular flexibility index (Phi) is 8.35. The second-order valence-corrected chi connectivity index (χ2v) is 10.5. The quantitative estimate of drug-likeness (QED) is 0.320. The van der Waals surface area contributed by atoms with Gasteiger partial charge in [-0.25, -0.2) is 8.42 Å². The number of ether oxygens (including phenoxy) is 2. The Hall–Kier alpha value is -3.47. The molecule has 0 radical (unpaired) electrons. The highest BCUT2D eigenvalue weighted by molar-refractivity contribution is 7.92. The molecule has 1 aromatic heterocycles. The number of rotatable bonds is 8. The predicted octanol–water partition coefficient (Wildman–Crippen LogP) is 4.71. The van der Waals surface area contributed by atoms with Crippen molar-refractivity contribution in [1.29, 1.82) is 0 Å². The summed E-state index contributed by atoms with van der Waals surface area (Å²) in [6.45, 7) is 5.76. The lowest BCUT2D eigenvalue weighted by molar-refractivity contribution is 0.402. The maximum atomic E-state index is 13.3. The Labute approximate surface area is 228 Å². The number of fused-ring (bicyclic) bond motifs is 1. The predicted molar refractivity (Wildman–Crippen MR) is 152 cm³/mol. The van der Waals surface area contributed by atoms with Crippen molar-refractivity contribution in [2.45, 2.75) is 18.2 Å². The third kappa shape index (κ3) is 5.38. The number of hydrogen-bond donors (Lipinski definition) is 2. The van der Waals surface area contributed by atoms with E-state index in [1.807, 2.05) is 37.3 Å². The highest BCUT2D eigenvalue weighted by Gasteiger charge is 2.25. The topological polar surface area (TPSA) is 106 Å². The van der Waals surface area contributed by atoms with Crippen molar-refractivity contribution in [1.82, 2.24) is 10.5 Å². The fourth-order valence-electron chi connectivity index (χ4n) is 4.57. The molecular weight excluding hydrogens is 528 g/mol. The fraction of sp³-hybridized carbons (Fsp3) is 0.296. The van der Waals surface area contributed by atoms with E-state index >= 15 is 0 Å². The van der Waals surface area contributed by atoms with E-state index in [-0.39, 0.29) is 28.9 Å². The molecule has 5 rings (SSSR count). The minimum absolute atomic E-state index is 0. The van der Waals surface area contributed by atoms with Gasteiger partial charge in [-0.2, -0.15) is 0 Å². The van der Waals surface area contributed by atoms with Crippen molar-refractivity contribution < 1.29 is 22.4 Å². The average molecular weight is 559 g/mol. The van der Waals surface area contributed by atoms with Gasteiger partial charge in [-0.1, -0.05) is 30.3 Å². The average Bonchev–Trinajstić information content (AvgIpc) is 3.34. The number of sulfonamides is 1. The normalized spacial score (nSPS) is 13.7. The van der Waals surface area contributed by atoms with Gasteiger partial charge in [0, 0.05) is 31.9 Å². The van der Waals surface area contributed by atoms with Gasteiger partial charge < -0.3 is 24.2 Å². The lowest BCUT2D eigenvalue weighted by atomic mass is 10.0. The van der Waals surface area contributed by atoms with Gasteiger partial charge in [0.05, 0.1) is 14.2 Å². The van der Waals surface area contributed by atoms with Crippen molar-refractivity contribution in [2.24, 2.45) is 0 Å². The molecule has 202 valence electrons. The molecular formula is C27H31ClN4O5S. The van der Waals surface area contributed by atoms with Crippen LogP contribution < -0.4 is 24.4 Å². The highest BCUT2D eigenvalue weighted by Crippen LogP contribution is 2.39. The van der Waals surface area contributed by atoms with Crippen LogP contribution in [0.25, 0.3) is 22.1 Å². The van der Waals surface area contributed by atoms with Gasteiger partial charge in [0.1, 0.15) is 21.8 Å². The van der Waals surface area contributed by atoms with E-state index in [4.69, 9.17) is 14.0 Å². The van der Waals surface area contributed by atoms with E-state index in [1.54, 1.807) is 12.1 Å². The van der Waals surface area contributed by atoms with E-state index < -0.39 is 10.0 Å². The molecule has 0 amide bonds. The van der Waals surface area contributed by atoms with Gasteiger partial charge in [-0.05, 0) is 59.5 Å². The summed E-state index contributed by atoms with van der Waals surface area (Å²) >= 11 is 0. The number of aromatic nitrogens is 1. The van der Waals surface area contributed by atoms with Gasteiger partial charge in [-0.15, -0.1) is 12.4 Å². The van der Waals surface area contributed by atoms with Crippen LogP contribution in [0, 0.1) is 0 Å². The summed E-state index contributed by atoms with van der Waals surface area (Å²) in [4.78, 5) is 2.38.